The molecule has 1 heterocycles. The molecule has 0 fully saturated rings. The summed E-state index contributed by atoms with van der Waals surface area (Å²) in [5.41, 5.74) is 1.42. The van der Waals surface area contributed by atoms with E-state index in [9.17, 15) is 13.2 Å². The number of alkyl halides is 3. The van der Waals surface area contributed by atoms with Crippen molar-refractivity contribution in [2.45, 2.75) is 32.5 Å². The number of aryl methyl sites for hydroxylation is 1. The van der Waals surface area contributed by atoms with E-state index in [-0.39, 0.29) is 6.04 Å². The number of hydrogen-bond donors (Lipinski definition) is 1. The minimum absolute atomic E-state index is 0.0489. The Kier molecular flexibility index (Phi) is 5.06. The monoisotopic (exact) mass is 313 g/mol. The van der Waals surface area contributed by atoms with Crippen LogP contribution in [0.2, 0.25) is 0 Å². The molecule has 1 aromatic heterocycles. The summed E-state index contributed by atoms with van der Waals surface area (Å²) in [6.07, 6.45) is -3.31. The second-order valence-electron chi connectivity index (χ2n) is 4.97. The summed E-state index contributed by atoms with van der Waals surface area (Å²) in [7, 11) is 0. The standard InChI is InChI=1S/C16H18F3NS/c1-3-9-20-14(15-11(2)8-10-21-15)12-4-6-13(7-5-12)16(17,18)19/h4-8,10,14,20H,3,9H2,1-2H3. The lowest BCUT2D eigenvalue weighted by molar-refractivity contribution is -0.137. The molecule has 114 valence electrons. The maximum Gasteiger partial charge on any atom is 0.416 e. The molecule has 0 aliphatic heterocycles. The van der Waals surface area contributed by atoms with Crippen LogP contribution in [0.3, 0.4) is 0 Å². The van der Waals surface area contributed by atoms with Crippen LogP contribution in [-0.2, 0) is 6.18 Å². The van der Waals surface area contributed by atoms with Crippen LogP contribution in [0.5, 0.6) is 0 Å². The molecule has 0 spiro atoms. The van der Waals surface area contributed by atoms with Gasteiger partial charge >= 0.3 is 6.18 Å². The van der Waals surface area contributed by atoms with Crippen LogP contribution >= 0.6 is 11.3 Å². The van der Waals surface area contributed by atoms with Gasteiger partial charge in [0.1, 0.15) is 0 Å². The molecular weight excluding hydrogens is 295 g/mol. The quantitative estimate of drug-likeness (QED) is 0.803. The highest BCUT2D eigenvalue weighted by Gasteiger charge is 2.30. The number of rotatable bonds is 5. The molecule has 0 aliphatic rings. The lowest BCUT2D eigenvalue weighted by Gasteiger charge is -2.19. The first-order chi connectivity index (χ1) is 9.93. The highest BCUT2D eigenvalue weighted by molar-refractivity contribution is 7.10. The highest BCUT2D eigenvalue weighted by Crippen LogP contribution is 2.33. The minimum atomic E-state index is -4.29. The number of hydrogen-bond acceptors (Lipinski definition) is 2. The molecule has 0 aliphatic carbocycles. The van der Waals surface area contributed by atoms with E-state index < -0.39 is 11.7 Å². The third-order valence-corrected chi connectivity index (χ3v) is 4.42. The third kappa shape index (κ3) is 3.86. The fraction of sp³-hybridized carbons (Fsp3) is 0.375. The van der Waals surface area contributed by atoms with Crippen LogP contribution in [0, 0.1) is 6.92 Å². The second-order valence-corrected chi connectivity index (χ2v) is 5.92. The topological polar surface area (TPSA) is 12.0 Å². The molecule has 1 N–H and O–H groups in total. The van der Waals surface area contributed by atoms with Crippen molar-refractivity contribution in [3.05, 3.63) is 57.3 Å². The van der Waals surface area contributed by atoms with Crippen LogP contribution in [0.4, 0.5) is 13.2 Å². The van der Waals surface area contributed by atoms with Crippen molar-refractivity contribution in [3.8, 4) is 0 Å². The summed E-state index contributed by atoms with van der Waals surface area (Å²) in [6.45, 7) is 4.91. The van der Waals surface area contributed by atoms with Gasteiger partial charge in [0.05, 0.1) is 11.6 Å². The molecular formula is C16H18F3NS. The van der Waals surface area contributed by atoms with E-state index in [1.54, 1.807) is 23.5 Å². The Morgan fingerprint density at radius 1 is 1.14 bits per heavy atom. The van der Waals surface area contributed by atoms with Gasteiger partial charge in [-0.15, -0.1) is 11.3 Å². The van der Waals surface area contributed by atoms with E-state index >= 15 is 0 Å². The van der Waals surface area contributed by atoms with Gasteiger partial charge in [-0.25, -0.2) is 0 Å². The first-order valence-corrected chi connectivity index (χ1v) is 7.76. The average Bonchev–Trinajstić information content (AvgIpc) is 2.85. The van der Waals surface area contributed by atoms with E-state index in [4.69, 9.17) is 0 Å². The lowest BCUT2D eigenvalue weighted by Crippen LogP contribution is -2.23. The smallest absolute Gasteiger partial charge is 0.306 e. The van der Waals surface area contributed by atoms with Crippen LogP contribution in [0.15, 0.2) is 35.7 Å². The van der Waals surface area contributed by atoms with Gasteiger partial charge in [-0.3, -0.25) is 0 Å². The molecule has 0 bridgehead atoms. The predicted octanol–water partition coefficient (Wildman–Crippen LogP) is 5.16. The number of nitrogens with one attached hydrogen (secondary N) is 1. The van der Waals surface area contributed by atoms with Crippen LogP contribution in [0.1, 0.15) is 41.0 Å². The summed E-state index contributed by atoms with van der Waals surface area (Å²) in [6, 6.07) is 7.42. The molecule has 0 saturated heterocycles. The van der Waals surface area contributed by atoms with Crippen molar-refractivity contribution in [1.82, 2.24) is 5.32 Å². The molecule has 2 aromatic rings. The zero-order valence-electron chi connectivity index (χ0n) is 12.0. The molecule has 2 rings (SSSR count). The van der Waals surface area contributed by atoms with Crippen LogP contribution in [0.25, 0.3) is 0 Å². The Labute approximate surface area is 126 Å². The van der Waals surface area contributed by atoms with Crippen LogP contribution < -0.4 is 5.32 Å². The van der Waals surface area contributed by atoms with Gasteiger partial charge in [0.15, 0.2) is 0 Å². The summed E-state index contributed by atoms with van der Waals surface area (Å²) < 4.78 is 37.9. The maximum atomic E-state index is 12.6. The van der Waals surface area contributed by atoms with Crippen molar-refractivity contribution >= 4 is 11.3 Å². The number of halogens is 3. The molecule has 0 amide bonds. The summed E-state index contributed by atoms with van der Waals surface area (Å²) in [5, 5.41) is 5.43. The van der Waals surface area contributed by atoms with Crippen molar-refractivity contribution in [3.63, 3.8) is 0 Å². The van der Waals surface area contributed by atoms with E-state index in [1.807, 2.05) is 18.4 Å². The summed E-state index contributed by atoms with van der Waals surface area (Å²) in [4.78, 5) is 1.16. The highest BCUT2D eigenvalue weighted by atomic mass is 32.1. The van der Waals surface area contributed by atoms with Gasteiger partial charge in [0, 0.05) is 4.88 Å². The number of thiophene rings is 1. The number of benzene rings is 1. The van der Waals surface area contributed by atoms with E-state index in [1.165, 1.54) is 0 Å². The lowest BCUT2D eigenvalue weighted by atomic mass is 10.0. The average molecular weight is 313 g/mol. The van der Waals surface area contributed by atoms with Gasteiger partial charge in [0.2, 0.25) is 0 Å². The minimum Gasteiger partial charge on any atom is -0.306 e. The van der Waals surface area contributed by atoms with Gasteiger partial charge < -0.3 is 5.32 Å². The Bertz CT molecular complexity index is 572. The zero-order valence-corrected chi connectivity index (χ0v) is 12.8. The van der Waals surface area contributed by atoms with E-state index in [2.05, 4.69) is 12.2 Å². The molecule has 0 saturated carbocycles. The van der Waals surface area contributed by atoms with Crippen molar-refractivity contribution in [2.24, 2.45) is 0 Å². The van der Waals surface area contributed by atoms with Gasteiger partial charge in [0.25, 0.3) is 0 Å². The largest absolute Gasteiger partial charge is 0.416 e. The summed E-state index contributed by atoms with van der Waals surface area (Å²) in [5.74, 6) is 0. The van der Waals surface area contributed by atoms with Crippen molar-refractivity contribution in [1.29, 1.82) is 0 Å². The van der Waals surface area contributed by atoms with E-state index in [0.29, 0.717) is 0 Å². The first kappa shape index (κ1) is 16.0. The normalized spacial score (nSPS) is 13.4. The van der Waals surface area contributed by atoms with Gasteiger partial charge in [-0.05, 0) is 54.6 Å². The fourth-order valence-electron chi connectivity index (χ4n) is 2.20. The zero-order chi connectivity index (χ0) is 15.5. The molecule has 1 aromatic carbocycles. The van der Waals surface area contributed by atoms with Crippen LogP contribution in [-0.4, -0.2) is 6.54 Å². The first-order valence-electron chi connectivity index (χ1n) is 6.88. The molecule has 5 heteroatoms. The van der Waals surface area contributed by atoms with Crippen molar-refractivity contribution < 1.29 is 13.2 Å². The fourth-order valence-corrected chi connectivity index (χ4v) is 3.22. The SMILES string of the molecule is CCCNC(c1ccc(C(F)(F)F)cc1)c1sccc1C. The molecule has 0 radical (unpaired) electrons. The van der Waals surface area contributed by atoms with Gasteiger partial charge in [-0.1, -0.05) is 19.1 Å². The second kappa shape index (κ2) is 6.62. The third-order valence-electron chi connectivity index (χ3n) is 3.33. The van der Waals surface area contributed by atoms with Gasteiger partial charge in [-0.2, -0.15) is 13.2 Å². The molecule has 1 nitrogen and oxygen atoms in total. The Balaban J connectivity index is 2.31. The Morgan fingerprint density at radius 2 is 1.81 bits per heavy atom. The molecule has 21 heavy (non-hydrogen) atoms. The van der Waals surface area contributed by atoms with Crippen molar-refractivity contribution in [2.75, 3.05) is 6.54 Å². The molecule has 1 atom stereocenters. The van der Waals surface area contributed by atoms with E-state index in [0.717, 1.165) is 41.1 Å². The predicted molar refractivity (Wildman–Crippen MR) is 80.6 cm³/mol. The maximum absolute atomic E-state index is 12.6. The Morgan fingerprint density at radius 3 is 2.29 bits per heavy atom. The Hall–Kier alpha value is -1.33. The molecule has 1 unspecified atom stereocenters. The summed E-state index contributed by atoms with van der Waals surface area (Å²) >= 11 is 1.63.